The summed E-state index contributed by atoms with van der Waals surface area (Å²) < 4.78 is 0. The molecule has 0 spiro atoms. The second-order valence-electron chi connectivity index (χ2n) is 8.04. The average molecular weight is 391 g/mol. The molecule has 1 saturated heterocycles. The van der Waals surface area contributed by atoms with Crippen LogP contribution in [-0.2, 0) is 6.54 Å². The maximum atomic E-state index is 12.6. The molecule has 0 unspecified atom stereocenters. The number of fused-ring (bicyclic) bond motifs is 1. The van der Waals surface area contributed by atoms with Crippen LogP contribution in [0.1, 0.15) is 56.4 Å². The molecule has 0 aliphatic carbocycles. The Morgan fingerprint density at radius 3 is 2.34 bits per heavy atom. The Hall–Kier alpha value is -2.99. The predicted molar refractivity (Wildman–Crippen MR) is 111 cm³/mol. The number of likely N-dealkylation sites (tertiary alicyclic amines) is 1. The molecule has 150 valence electrons. The zero-order valence-corrected chi connectivity index (χ0v) is 16.8. The van der Waals surface area contributed by atoms with Crippen molar-refractivity contribution in [1.82, 2.24) is 9.80 Å². The minimum atomic E-state index is -0.379. The molecule has 2 aromatic rings. The summed E-state index contributed by atoms with van der Waals surface area (Å²) in [5, 5.41) is 2.86. The first-order valence-electron chi connectivity index (χ1n) is 10.0. The predicted octanol–water partition coefficient (Wildman–Crippen LogP) is 3.40. The van der Waals surface area contributed by atoms with Gasteiger partial charge in [0.05, 0.1) is 11.1 Å². The van der Waals surface area contributed by atoms with Gasteiger partial charge in [-0.15, -0.1) is 0 Å². The average Bonchev–Trinajstić information content (AvgIpc) is 2.95. The number of benzene rings is 2. The van der Waals surface area contributed by atoms with Gasteiger partial charge in [0.15, 0.2) is 0 Å². The van der Waals surface area contributed by atoms with Gasteiger partial charge in [-0.25, -0.2) is 0 Å². The first-order valence-corrected chi connectivity index (χ1v) is 10.0. The number of nitrogens with zero attached hydrogens (tertiary/aromatic N) is 2. The molecule has 6 nitrogen and oxygen atoms in total. The van der Waals surface area contributed by atoms with Crippen molar-refractivity contribution in [1.29, 1.82) is 0 Å². The third-order valence-electron chi connectivity index (χ3n) is 5.85. The molecular formula is C23H25N3O3. The fraction of sp³-hybridized carbons (Fsp3) is 0.348. The van der Waals surface area contributed by atoms with Crippen molar-refractivity contribution in [3.8, 4) is 0 Å². The molecular weight excluding hydrogens is 366 g/mol. The van der Waals surface area contributed by atoms with Crippen LogP contribution in [0.4, 0.5) is 5.69 Å². The van der Waals surface area contributed by atoms with Gasteiger partial charge in [0.25, 0.3) is 17.7 Å². The van der Waals surface area contributed by atoms with Crippen molar-refractivity contribution in [3.63, 3.8) is 0 Å². The lowest BCUT2D eigenvalue weighted by Gasteiger charge is -2.30. The third kappa shape index (κ3) is 3.93. The van der Waals surface area contributed by atoms with Gasteiger partial charge in [-0.1, -0.05) is 19.1 Å². The highest BCUT2D eigenvalue weighted by molar-refractivity contribution is 6.22. The molecule has 0 atom stereocenters. The van der Waals surface area contributed by atoms with E-state index in [1.54, 1.807) is 6.07 Å². The smallest absolute Gasteiger partial charge is 0.261 e. The number of nitrogens with one attached hydrogen (secondary N) is 1. The van der Waals surface area contributed by atoms with Crippen LogP contribution in [0.15, 0.2) is 42.5 Å². The molecule has 3 amide bonds. The summed E-state index contributed by atoms with van der Waals surface area (Å²) in [4.78, 5) is 40.2. The third-order valence-corrected chi connectivity index (χ3v) is 5.85. The lowest BCUT2D eigenvalue weighted by Crippen LogP contribution is -2.32. The largest absolute Gasteiger partial charge is 0.322 e. The van der Waals surface area contributed by atoms with Crippen molar-refractivity contribution < 1.29 is 14.4 Å². The molecule has 0 bridgehead atoms. The molecule has 6 heteroatoms. The quantitative estimate of drug-likeness (QED) is 0.811. The Morgan fingerprint density at radius 2 is 1.66 bits per heavy atom. The summed E-state index contributed by atoms with van der Waals surface area (Å²) in [5.41, 5.74) is 2.89. The number of hydrogen-bond donors (Lipinski definition) is 1. The zero-order valence-electron chi connectivity index (χ0n) is 16.8. The highest BCUT2D eigenvalue weighted by Gasteiger charge is 2.33. The fourth-order valence-corrected chi connectivity index (χ4v) is 3.88. The summed E-state index contributed by atoms with van der Waals surface area (Å²) >= 11 is 0. The summed E-state index contributed by atoms with van der Waals surface area (Å²) in [5.74, 6) is -0.205. The summed E-state index contributed by atoms with van der Waals surface area (Å²) in [6, 6.07) is 12.5. The topological polar surface area (TPSA) is 69.7 Å². The molecule has 0 aromatic heterocycles. The second kappa shape index (κ2) is 7.79. The molecule has 2 aromatic carbocycles. The van der Waals surface area contributed by atoms with Crippen LogP contribution in [0.3, 0.4) is 0 Å². The number of anilines is 1. The SMILES string of the molecule is CC1CCN(Cc2ccc(NC(=O)c3ccc4c(c3)C(=O)N(C)C4=O)cc2)CC1. The molecule has 2 heterocycles. The van der Waals surface area contributed by atoms with Gasteiger partial charge in [-0.2, -0.15) is 0 Å². The van der Waals surface area contributed by atoms with E-state index in [0.717, 1.165) is 30.5 Å². The molecule has 4 rings (SSSR count). The Labute approximate surface area is 170 Å². The summed E-state index contributed by atoms with van der Waals surface area (Å²) in [6.45, 7) is 5.50. The van der Waals surface area contributed by atoms with Crippen molar-refractivity contribution >= 4 is 23.4 Å². The van der Waals surface area contributed by atoms with E-state index in [2.05, 4.69) is 17.1 Å². The normalized spacial score (nSPS) is 17.5. The lowest BCUT2D eigenvalue weighted by molar-refractivity contribution is 0.0693. The van der Waals surface area contributed by atoms with E-state index < -0.39 is 0 Å². The van der Waals surface area contributed by atoms with E-state index in [1.165, 1.54) is 37.6 Å². The number of carbonyl (C=O) groups excluding carboxylic acids is 3. The van der Waals surface area contributed by atoms with Crippen LogP contribution in [0.2, 0.25) is 0 Å². The lowest BCUT2D eigenvalue weighted by atomic mass is 9.99. The Balaban J connectivity index is 1.40. The van der Waals surface area contributed by atoms with Gasteiger partial charge in [0, 0.05) is 24.8 Å². The zero-order chi connectivity index (χ0) is 20.5. The Bertz CT molecular complexity index is 960. The minimum Gasteiger partial charge on any atom is -0.322 e. The van der Waals surface area contributed by atoms with Crippen molar-refractivity contribution in [2.45, 2.75) is 26.3 Å². The maximum absolute atomic E-state index is 12.6. The van der Waals surface area contributed by atoms with Gasteiger partial charge < -0.3 is 5.32 Å². The number of piperidine rings is 1. The van der Waals surface area contributed by atoms with Gasteiger partial charge in [-0.05, 0) is 67.7 Å². The molecule has 2 aliphatic heterocycles. The van der Waals surface area contributed by atoms with Crippen LogP contribution in [0.5, 0.6) is 0 Å². The van der Waals surface area contributed by atoms with Crippen LogP contribution in [-0.4, -0.2) is 47.7 Å². The van der Waals surface area contributed by atoms with Gasteiger partial charge in [0.1, 0.15) is 0 Å². The van der Waals surface area contributed by atoms with Crippen molar-refractivity contribution in [2.75, 3.05) is 25.5 Å². The fourth-order valence-electron chi connectivity index (χ4n) is 3.88. The summed E-state index contributed by atoms with van der Waals surface area (Å²) in [7, 11) is 1.44. The van der Waals surface area contributed by atoms with Crippen LogP contribution >= 0.6 is 0 Å². The first kappa shape index (κ1) is 19.3. The molecule has 29 heavy (non-hydrogen) atoms. The van der Waals surface area contributed by atoms with Crippen LogP contribution in [0, 0.1) is 5.92 Å². The Kier molecular flexibility index (Phi) is 5.20. The van der Waals surface area contributed by atoms with Crippen molar-refractivity contribution in [2.24, 2.45) is 5.92 Å². The molecule has 0 radical (unpaired) electrons. The highest BCUT2D eigenvalue weighted by Crippen LogP contribution is 2.23. The Morgan fingerprint density at radius 1 is 1.00 bits per heavy atom. The van der Waals surface area contributed by atoms with Crippen LogP contribution in [0.25, 0.3) is 0 Å². The summed E-state index contributed by atoms with van der Waals surface area (Å²) in [6.07, 6.45) is 2.50. The standard InChI is InChI=1S/C23H25N3O3/c1-15-9-11-26(12-10-15)14-16-3-6-18(7-4-16)24-21(27)17-5-8-19-20(13-17)23(29)25(2)22(19)28/h3-8,13,15H,9-12,14H2,1-2H3,(H,24,27). The van der Waals surface area contributed by atoms with E-state index in [1.807, 2.05) is 24.3 Å². The first-order chi connectivity index (χ1) is 13.9. The monoisotopic (exact) mass is 391 g/mol. The van der Waals surface area contributed by atoms with Crippen molar-refractivity contribution in [3.05, 3.63) is 64.7 Å². The van der Waals surface area contributed by atoms with E-state index in [9.17, 15) is 14.4 Å². The number of hydrogen-bond acceptors (Lipinski definition) is 4. The number of rotatable bonds is 4. The minimum absolute atomic E-state index is 0.274. The molecule has 1 N–H and O–H groups in total. The number of imide groups is 1. The van der Waals surface area contributed by atoms with Gasteiger partial charge in [-0.3, -0.25) is 24.2 Å². The second-order valence-corrected chi connectivity index (χ2v) is 8.04. The van der Waals surface area contributed by atoms with Gasteiger partial charge in [0.2, 0.25) is 0 Å². The van der Waals surface area contributed by atoms with E-state index in [-0.39, 0.29) is 23.3 Å². The van der Waals surface area contributed by atoms with E-state index in [4.69, 9.17) is 0 Å². The molecule has 1 fully saturated rings. The van der Waals surface area contributed by atoms with Gasteiger partial charge >= 0.3 is 0 Å². The molecule has 0 saturated carbocycles. The highest BCUT2D eigenvalue weighted by atomic mass is 16.2. The molecule has 2 aliphatic rings. The van der Waals surface area contributed by atoms with E-state index >= 15 is 0 Å². The number of amides is 3. The maximum Gasteiger partial charge on any atom is 0.261 e. The van der Waals surface area contributed by atoms with Crippen LogP contribution < -0.4 is 5.32 Å². The number of carbonyl (C=O) groups is 3. The van der Waals surface area contributed by atoms with E-state index in [0.29, 0.717) is 16.8 Å².